The van der Waals surface area contributed by atoms with Gasteiger partial charge in [-0.15, -0.1) is 12.4 Å². The standard InChI is InChI=1S/C27H27FN8O2.ClH/c1-16(34-26(37)17(13-29)12-27(2,3)31)14-36-25-22(24(30)32-15-33-25)23(35-36)20-10-9-19(11-21(20)28)38-18-7-5-4-6-8-18;/h4-12,15-16H,14,31H2,1-3H3,(H,34,37)(H2,30,32,33);1H/b17-12+;/t16-;/m1./s1. The molecule has 10 nitrogen and oxygen atoms in total. The molecule has 2 aromatic carbocycles. The molecule has 4 rings (SSSR count). The van der Waals surface area contributed by atoms with E-state index in [1.54, 1.807) is 45.0 Å². The summed E-state index contributed by atoms with van der Waals surface area (Å²) in [6.07, 6.45) is 2.69. The Kier molecular flexibility index (Phi) is 8.85. The summed E-state index contributed by atoms with van der Waals surface area (Å²) in [5.74, 6) is -0.0970. The molecule has 1 atom stereocenters. The smallest absolute Gasteiger partial charge is 0.261 e. The highest BCUT2D eigenvalue weighted by atomic mass is 35.5. The van der Waals surface area contributed by atoms with Crippen molar-refractivity contribution in [3.63, 3.8) is 0 Å². The molecular formula is C27H28ClFN8O2. The zero-order valence-corrected chi connectivity index (χ0v) is 22.4. The van der Waals surface area contributed by atoms with E-state index in [1.807, 2.05) is 24.3 Å². The molecule has 0 bridgehead atoms. The highest BCUT2D eigenvalue weighted by Crippen LogP contribution is 2.34. The molecule has 2 aromatic heterocycles. The number of benzene rings is 2. The van der Waals surface area contributed by atoms with E-state index in [0.29, 0.717) is 22.5 Å². The van der Waals surface area contributed by atoms with E-state index < -0.39 is 23.3 Å². The van der Waals surface area contributed by atoms with Crippen LogP contribution >= 0.6 is 12.4 Å². The molecule has 1 amide bonds. The van der Waals surface area contributed by atoms with Gasteiger partial charge in [0.25, 0.3) is 5.91 Å². The quantitative estimate of drug-likeness (QED) is 0.218. The van der Waals surface area contributed by atoms with Crippen molar-refractivity contribution in [1.29, 1.82) is 5.26 Å². The number of halogens is 2. The number of carbonyl (C=O) groups excluding carboxylic acids is 1. The van der Waals surface area contributed by atoms with Gasteiger partial charge in [-0.05, 0) is 51.1 Å². The van der Waals surface area contributed by atoms with E-state index in [1.165, 1.54) is 23.2 Å². The van der Waals surface area contributed by atoms with Crippen LogP contribution in [0.4, 0.5) is 10.2 Å². The maximum absolute atomic E-state index is 15.3. The third-order valence-electron chi connectivity index (χ3n) is 5.44. The fraction of sp³-hybridized carbons (Fsp3) is 0.222. The minimum Gasteiger partial charge on any atom is -0.457 e. The summed E-state index contributed by atoms with van der Waals surface area (Å²) in [4.78, 5) is 20.9. The number of rotatable bonds is 8. The normalized spacial score (nSPS) is 12.4. The molecule has 0 aliphatic rings. The van der Waals surface area contributed by atoms with Crippen LogP contribution in [0.2, 0.25) is 0 Å². The zero-order valence-electron chi connectivity index (χ0n) is 21.6. The first-order valence-electron chi connectivity index (χ1n) is 11.8. The summed E-state index contributed by atoms with van der Waals surface area (Å²) in [7, 11) is 0. The highest BCUT2D eigenvalue weighted by molar-refractivity contribution is 5.99. The fourth-order valence-corrected chi connectivity index (χ4v) is 3.85. The average molecular weight is 551 g/mol. The number of fused-ring (bicyclic) bond motifs is 1. The van der Waals surface area contributed by atoms with Gasteiger partial charge in [0.15, 0.2) is 5.65 Å². The number of nitrogens with zero attached hydrogens (tertiary/aromatic N) is 5. The van der Waals surface area contributed by atoms with Crippen molar-refractivity contribution < 1.29 is 13.9 Å². The lowest BCUT2D eigenvalue weighted by molar-refractivity contribution is -0.117. The third kappa shape index (κ3) is 6.87. The lowest BCUT2D eigenvalue weighted by Crippen LogP contribution is -2.38. The molecule has 0 fully saturated rings. The maximum atomic E-state index is 15.3. The van der Waals surface area contributed by atoms with Crippen LogP contribution in [-0.4, -0.2) is 37.2 Å². The summed E-state index contributed by atoms with van der Waals surface area (Å²) >= 11 is 0. The third-order valence-corrected chi connectivity index (χ3v) is 5.44. The van der Waals surface area contributed by atoms with Gasteiger partial charge in [-0.25, -0.2) is 19.0 Å². The van der Waals surface area contributed by atoms with Gasteiger partial charge in [0.1, 0.15) is 46.8 Å². The number of hydrogen-bond acceptors (Lipinski definition) is 8. The minimum atomic E-state index is -0.834. The Morgan fingerprint density at radius 1 is 1.23 bits per heavy atom. The van der Waals surface area contributed by atoms with Crippen LogP contribution in [-0.2, 0) is 11.3 Å². The van der Waals surface area contributed by atoms with Crippen LogP contribution < -0.4 is 21.5 Å². The highest BCUT2D eigenvalue weighted by Gasteiger charge is 2.22. The Labute approximate surface area is 230 Å². The summed E-state index contributed by atoms with van der Waals surface area (Å²) < 4.78 is 22.5. The van der Waals surface area contributed by atoms with E-state index >= 15 is 4.39 Å². The molecule has 0 saturated heterocycles. The second kappa shape index (κ2) is 11.9. The number of nitrogens with two attached hydrogens (primary N) is 2. The molecule has 0 radical (unpaired) electrons. The van der Waals surface area contributed by atoms with Crippen LogP contribution in [0, 0.1) is 17.1 Å². The van der Waals surface area contributed by atoms with Gasteiger partial charge >= 0.3 is 0 Å². The van der Waals surface area contributed by atoms with Gasteiger partial charge in [0.05, 0.1) is 11.9 Å². The van der Waals surface area contributed by atoms with Gasteiger partial charge in [-0.1, -0.05) is 18.2 Å². The number of anilines is 1. The predicted molar refractivity (Wildman–Crippen MR) is 148 cm³/mol. The molecule has 2 heterocycles. The number of para-hydroxylation sites is 1. The minimum absolute atomic E-state index is 0. The second-order valence-electron chi connectivity index (χ2n) is 9.41. The molecule has 4 aromatic rings. The van der Waals surface area contributed by atoms with Crippen LogP contribution in [0.5, 0.6) is 11.5 Å². The van der Waals surface area contributed by atoms with Crippen molar-refractivity contribution in [2.24, 2.45) is 5.73 Å². The van der Waals surface area contributed by atoms with Crippen LogP contribution in [0.15, 0.2) is 66.5 Å². The number of amides is 1. The Bertz CT molecular complexity index is 1560. The lowest BCUT2D eigenvalue weighted by atomic mass is 10.0. The predicted octanol–water partition coefficient (Wildman–Crippen LogP) is 4.12. The number of hydrogen-bond donors (Lipinski definition) is 3. The van der Waals surface area contributed by atoms with Crippen LogP contribution in [0.3, 0.4) is 0 Å². The number of nitrogens with one attached hydrogen (secondary N) is 1. The molecule has 0 unspecified atom stereocenters. The Balaban J connectivity index is 0.00000420. The molecule has 12 heteroatoms. The zero-order chi connectivity index (χ0) is 27.4. The maximum Gasteiger partial charge on any atom is 0.261 e. The van der Waals surface area contributed by atoms with Gasteiger partial charge in [0, 0.05) is 23.2 Å². The van der Waals surface area contributed by atoms with E-state index in [9.17, 15) is 10.1 Å². The molecule has 202 valence electrons. The SMILES string of the molecule is C[C@H](Cn1nc(-c2ccc(Oc3ccccc3)cc2F)c2c(N)ncnc21)NC(=O)/C(C#N)=C/C(C)(C)N.Cl. The summed E-state index contributed by atoms with van der Waals surface area (Å²) in [6.45, 7) is 5.28. The number of nitrogen functional groups attached to an aromatic ring is 1. The fourth-order valence-electron chi connectivity index (χ4n) is 3.85. The van der Waals surface area contributed by atoms with Crippen molar-refractivity contribution in [3.05, 3.63) is 72.3 Å². The molecule has 0 saturated carbocycles. The molecular weight excluding hydrogens is 523 g/mol. The van der Waals surface area contributed by atoms with E-state index in [4.69, 9.17) is 16.2 Å². The van der Waals surface area contributed by atoms with E-state index in [0.717, 1.165) is 0 Å². The topological polar surface area (TPSA) is 158 Å². The lowest BCUT2D eigenvalue weighted by Gasteiger charge is -2.16. The molecule has 0 aliphatic carbocycles. The van der Waals surface area contributed by atoms with Gasteiger partial charge in [-0.3, -0.25) is 4.79 Å². The molecule has 0 aliphatic heterocycles. The first-order valence-corrected chi connectivity index (χ1v) is 11.8. The molecule has 0 spiro atoms. The van der Waals surface area contributed by atoms with Crippen molar-refractivity contribution >= 4 is 35.2 Å². The van der Waals surface area contributed by atoms with Crippen LogP contribution in [0.1, 0.15) is 20.8 Å². The van der Waals surface area contributed by atoms with Crippen molar-refractivity contribution in [2.75, 3.05) is 5.73 Å². The largest absolute Gasteiger partial charge is 0.457 e. The first-order chi connectivity index (χ1) is 18.1. The van der Waals surface area contributed by atoms with E-state index in [-0.39, 0.29) is 41.6 Å². The van der Waals surface area contributed by atoms with Gasteiger partial charge in [0.2, 0.25) is 0 Å². The average Bonchev–Trinajstić information content (AvgIpc) is 3.21. The van der Waals surface area contributed by atoms with Crippen molar-refractivity contribution in [2.45, 2.75) is 38.9 Å². The number of aromatic nitrogens is 4. The van der Waals surface area contributed by atoms with Crippen molar-refractivity contribution in [3.8, 4) is 28.8 Å². The molecule has 39 heavy (non-hydrogen) atoms. The summed E-state index contributed by atoms with van der Waals surface area (Å²) in [6, 6.07) is 14.9. The van der Waals surface area contributed by atoms with E-state index in [2.05, 4.69) is 20.4 Å². The van der Waals surface area contributed by atoms with Gasteiger partial charge in [-0.2, -0.15) is 10.4 Å². The Hall–Kier alpha value is -4.53. The monoisotopic (exact) mass is 550 g/mol. The van der Waals surface area contributed by atoms with Gasteiger partial charge < -0.3 is 21.5 Å². The first kappa shape index (κ1) is 29.0. The molecule has 5 N–H and O–H groups in total. The number of ether oxygens (including phenoxy) is 1. The number of carbonyl (C=O) groups is 1. The second-order valence-corrected chi connectivity index (χ2v) is 9.41. The Morgan fingerprint density at radius 3 is 2.59 bits per heavy atom. The number of nitriles is 1. The summed E-state index contributed by atoms with van der Waals surface area (Å²) in [5, 5.41) is 17.1. The van der Waals surface area contributed by atoms with Crippen LogP contribution in [0.25, 0.3) is 22.3 Å². The summed E-state index contributed by atoms with van der Waals surface area (Å²) in [5.41, 5.74) is 11.9. The Morgan fingerprint density at radius 2 is 1.95 bits per heavy atom. The van der Waals surface area contributed by atoms with Crippen molar-refractivity contribution in [1.82, 2.24) is 25.1 Å².